The van der Waals surface area contributed by atoms with Crippen molar-refractivity contribution in [3.8, 4) is 6.07 Å². The van der Waals surface area contributed by atoms with Gasteiger partial charge in [0.15, 0.2) is 11.6 Å². The molecule has 2 aromatic carbocycles. The van der Waals surface area contributed by atoms with Crippen LogP contribution in [0.2, 0.25) is 0 Å². The number of likely N-dealkylation sites (N-methyl/N-ethyl adjacent to an activating group) is 1. The number of hydrogen-bond donors (Lipinski definition) is 1. The minimum absolute atomic E-state index is 0.122. The van der Waals surface area contributed by atoms with Crippen LogP contribution in [0.15, 0.2) is 36.4 Å². The summed E-state index contributed by atoms with van der Waals surface area (Å²) in [6.45, 7) is 6.24. The number of H-pyrrole nitrogens is 1. The van der Waals surface area contributed by atoms with Gasteiger partial charge in [0, 0.05) is 56.3 Å². The second-order valence-corrected chi connectivity index (χ2v) is 10.8. The predicted octanol–water partition coefficient (Wildman–Crippen LogP) is 4.28. The Morgan fingerprint density at radius 3 is 2.75 bits per heavy atom. The summed E-state index contributed by atoms with van der Waals surface area (Å²) in [5, 5.41) is 9.39. The molecular weight excluding hydrogens is 458 g/mol. The van der Waals surface area contributed by atoms with Gasteiger partial charge < -0.3 is 19.7 Å². The van der Waals surface area contributed by atoms with E-state index in [9.17, 15) is 14.0 Å². The number of imidazole rings is 1. The Kier molecular flexibility index (Phi) is 5.93. The minimum Gasteiger partial charge on any atom is -0.339 e. The van der Waals surface area contributed by atoms with Crippen molar-refractivity contribution in [3.63, 3.8) is 0 Å². The molecule has 6 rings (SSSR count). The number of nitriles is 1. The maximum Gasteiger partial charge on any atom is 0.204 e. The third-order valence-electron chi connectivity index (χ3n) is 8.70. The molecule has 1 N–H and O–H groups in total. The first-order valence-corrected chi connectivity index (χ1v) is 13.0. The second-order valence-electron chi connectivity index (χ2n) is 10.8. The van der Waals surface area contributed by atoms with E-state index in [1.54, 1.807) is 0 Å². The van der Waals surface area contributed by atoms with Gasteiger partial charge in [-0.25, -0.2) is 13.8 Å². The molecule has 3 fully saturated rings. The number of rotatable bonds is 7. The summed E-state index contributed by atoms with van der Waals surface area (Å²) >= 11 is 0. The predicted molar refractivity (Wildman–Crippen MR) is 136 cm³/mol. The topological polar surface area (TPSA) is 62.2 Å². The lowest BCUT2D eigenvalue weighted by Crippen LogP contribution is -2.45. The summed E-state index contributed by atoms with van der Waals surface area (Å²) in [7, 11) is 2.17. The number of hydrogen-bond acceptors (Lipinski definition) is 5. The first-order chi connectivity index (χ1) is 17.5. The highest BCUT2D eigenvalue weighted by Crippen LogP contribution is 2.65. The fourth-order valence-corrected chi connectivity index (χ4v) is 6.57. The molecule has 3 aromatic rings. The maximum absolute atomic E-state index is 13.9. The standard InChI is InChI=1S/C28H32F2N6/c1-34-10-12-35(13-11-34)8-3-9-36(27-32-24-15-22(29)23(30)16-25(24)33-27)26-6-7-28(17-21(26)28)20-5-2-4-19(14-20)18-31/h2,4-5,14-16,21,26H,3,6-13,17H2,1H3,(H,32,33)/t21-,26-,28-/m1/s1. The largest absolute Gasteiger partial charge is 0.339 e. The lowest BCUT2D eigenvalue weighted by Gasteiger charge is -2.34. The van der Waals surface area contributed by atoms with E-state index < -0.39 is 11.6 Å². The van der Waals surface area contributed by atoms with Crippen molar-refractivity contribution in [1.29, 1.82) is 5.26 Å². The lowest BCUT2D eigenvalue weighted by atomic mass is 9.92. The zero-order valence-electron chi connectivity index (χ0n) is 20.7. The van der Waals surface area contributed by atoms with Gasteiger partial charge in [0.2, 0.25) is 5.95 Å². The summed E-state index contributed by atoms with van der Waals surface area (Å²) in [5.41, 5.74) is 3.07. The highest BCUT2D eigenvalue weighted by molar-refractivity contribution is 5.78. The molecule has 1 aliphatic heterocycles. The number of fused-ring (bicyclic) bond motifs is 2. The van der Waals surface area contributed by atoms with E-state index in [0.29, 0.717) is 34.5 Å². The van der Waals surface area contributed by atoms with Crippen molar-refractivity contribution in [2.45, 2.75) is 37.1 Å². The second kappa shape index (κ2) is 9.13. The van der Waals surface area contributed by atoms with Crippen molar-refractivity contribution in [1.82, 2.24) is 19.8 Å². The van der Waals surface area contributed by atoms with Crippen molar-refractivity contribution in [2.24, 2.45) is 5.92 Å². The molecule has 0 spiro atoms. The van der Waals surface area contributed by atoms with Crippen LogP contribution < -0.4 is 4.90 Å². The number of aromatic amines is 1. The van der Waals surface area contributed by atoms with Gasteiger partial charge >= 0.3 is 0 Å². The van der Waals surface area contributed by atoms with E-state index in [1.807, 2.05) is 18.2 Å². The Hall–Kier alpha value is -3.02. The van der Waals surface area contributed by atoms with Crippen LogP contribution in [0, 0.1) is 28.9 Å². The van der Waals surface area contributed by atoms with E-state index in [-0.39, 0.29) is 5.41 Å². The minimum atomic E-state index is -0.874. The highest BCUT2D eigenvalue weighted by atomic mass is 19.2. The summed E-state index contributed by atoms with van der Waals surface area (Å²) in [5.74, 6) is -0.552. The average Bonchev–Trinajstić information content (AvgIpc) is 3.31. The quantitative estimate of drug-likeness (QED) is 0.536. The number of piperazine rings is 1. The van der Waals surface area contributed by atoms with Crippen molar-refractivity contribution >= 4 is 17.0 Å². The fraction of sp³-hybridized carbons (Fsp3) is 0.500. The molecule has 188 valence electrons. The van der Waals surface area contributed by atoms with Gasteiger partial charge in [-0.05, 0) is 62.9 Å². The van der Waals surface area contributed by atoms with Crippen molar-refractivity contribution in [2.75, 3.05) is 51.2 Å². The Bertz CT molecular complexity index is 1270. The SMILES string of the molecule is CN1CCN(CCCN(c2nc3cc(F)c(F)cc3[nH]2)[C@@H]2CC[C@]3(c4cccc(C#N)c4)C[C@H]23)CC1. The van der Waals surface area contributed by atoms with Gasteiger partial charge in [-0.3, -0.25) is 0 Å². The molecule has 36 heavy (non-hydrogen) atoms. The van der Waals surface area contributed by atoms with Gasteiger partial charge in [0.1, 0.15) is 0 Å². The molecule has 0 radical (unpaired) electrons. The monoisotopic (exact) mass is 490 g/mol. The maximum atomic E-state index is 13.9. The number of benzene rings is 2. The summed E-state index contributed by atoms with van der Waals surface area (Å²) in [6.07, 6.45) is 4.22. The third kappa shape index (κ3) is 4.14. The van der Waals surface area contributed by atoms with E-state index in [1.165, 1.54) is 17.7 Å². The molecule has 3 aliphatic rings. The number of anilines is 1. The molecule has 1 aromatic heterocycles. The van der Waals surface area contributed by atoms with Gasteiger partial charge in [0.05, 0.1) is 22.7 Å². The van der Waals surface area contributed by atoms with Crippen molar-refractivity contribution < 1.29 is 8.78 Å². The van der Waals surface area contributed by atoms with Crippen LogP contribution >= 0.6 is 0 Å². The van der Waals surface area contributed by atoms with Crippen LogP contribution in [0.5, 0.6) is 0 Å². The summed E-state index contributed by atoms with van der Waals surface area (Å²) < 4.78 is 27.8. The Labute approximate surface area is 210 Å². The first-order valence-electron chi connectivity index (χ1n) is 13.0. The fourth-order valence-electron chi connectivity index (χ4n) is 6.57. The number of halogens is 2. The van der Waals surface area contributed by atoms with E-state index >= 15 is 0 Å². The van der Waals surface area contributed by atoms with Crippen molar-refractivity contribution in [3.05, 3.63) is 59.2 Å². The number of nitrogens with one attached hydrogen (secondary N) is 1. The van der Waals surface area contributed by atoms with E-state index in [4.69, 9.17) is 4.98 Å². The van der Waals surface area contributed by atoms with Crippen LogP contribution in [0.1, 0.15) is 36.8 Å². The normalized spacial score (nSPS) is 26.2. The Morgan fingerprint density at radius 2 is 1.97 bits per heavy atom. The molecule has 0 amide bonds. The molecule has 2 aliphatic carbocycles. The molecule has 0 bridgehead atoms. The molecular formula is C28H32F2N6. The van der Waals surface area contributed by atoms with Gasteiger partial charge in [-0.2, -0.15) is 5.26 Å². The van der Waals surface area contributed by atoms with Gasteiger partial charge in [-0.1, -0.05) is 12.1 Å². The summed E-state index contributed by atoms with van der Waals surface area (Å²) in [6, 6.07) is 13.0. The van der Waals surface area contributed by atoms with Crippen LogP contribution in [0.25, 0.3) is 11.0 Å². The Morgan fingerprint density at radius 1 is 1.17 bits per heavy atom. The molecule has 1 saturated heterocycles. The zero-order chi connectivity index (χ0) is 24.9. The molecule has 2 heterocycles. The number of nitrogens with zero attached hydrogens (tertiary/aromatic N) is 5. The van der Waals surface area contributed by atoms with E-state index in [0.717, 1.165) is 65.0 Å². The lowest BCUT2D eigenvalue weighted by molar-refractivity contribution is 0.153. The average molecular weight is 491 g/mol. The third-order valence-corrected chi connectivity index (χ3v) is 8.70. The van der Waals surface area contributed by atoms with Gasteiger partial charge in [-0.15, -0.1) is 0 Å². The first kappa shape index (κ1) is 23.4. The Balaban J connectivity index is 1.25. The number of aromatic nitrogens is 2. The van der Waals surface area contributed by atoms with Crippen LogP contribution in [-0.2, 0) is 5.41 Å². The smallest absolute Gasteiger partial charge is 0.204 e. The van der Waals surface area contributed by atoms with Crippen LogP contribution in [0.3, 0.4) is 0 Å². The van der Waals surface area contributed by atoms with Crippen LogP contribution in [0.4, 0.5) is 14.7 Å². The highest BCUT2D eigenvalue weighted by Gasteiger charge is 2.63. The molecule has 3 atom stereocenters. The van der Waals surface area contributed by atoms with Crippen LogP contribution in [-0.4, -0.2) is 72.1 Å². The molecule has 0 unspecified atom stereocenters. The zero-order valence-corrected chi connectivity index (χ0v) is 20.7. The molecule has 2 saturated carbocycles. The molecule has 6 nitrogen and oxygen atoms in total. The summed E-state index contributed by atoms with van der Waals surface area (Å²) in [4.78, 5) is 15.2. The van der Waals surface area contributed by atoms with E-state index in [2.05, 4.69) is 38.9 Å². The van der Waals surface area contributed by atoms with Gasteiger partial charge in [0.25, 0.3) is 0 Å². The molecule has 8 heteroatoms.